The lowest BCUT2D eigenvalue weighted by Gasteiger charge is -2.14. The van der Waals surface area contributed by atoms with Crippen LogP contribution >= 0.6 is 22.7 Å². The Morgan fingerprint density at radius 3 is 1.45 bits per heavy atom. The Bertz CT molecular complexity index is 3120. The molecular formula is C51H31N3S2. The van der Waals surface area contributed by atoms with Crippen LogP contribution in [-0.2, 0) is 0 Å². The quantitative estimate of drug-likeness (QED) is 0.170. The van der Waals surface area contributed by atoms with Gasteiger partial charge in [-0.1, -0.05) is 115 Å². The van der Waals surface area contributed by atoms with Crippen LogP contribution in [0.2, 0.25) is 0 Å². The van der Waals surface area contributed by atoms with Gasteiger partial charge < -0.3 is 0 Å². The first-order valence-electron chi connectivity index (χ1n) is 18.6. The van der Waals surface area contributed by atoms with Gasteiger partial charge in [0, 0.05) is 75.0 Å². The van der Waals surface area contributed by atoms with Crippen LogP contribution < -0.4 is 0 Å². The summed E-state index contributed by atoms with van der Waals surface area (Å²) in [6, 6.07) is 63.1. The number of benzene rings is 7. The highest BCUT2D eigenvalue weighted by Crippen LogP contribution is 2.41. The van der Waals surface area contributed by atoms with Crippen LogP contribution in [0.1, 0.15) is 0 Å². The molecular weight excluding hydrogens is 719 g/mol. The summed E-state index contributed by atoms with van der Waals surface area (Å²) in [6.07, 6.45) is 3.71. The van der Waals surface area contributed by atoms with Crippen molar-refractivity contribution in [3.63, 3.8) is 0 Å². The molecule has 11 aromatic rings. The van der Waals surface area contributed by atoms with E-state index in [1.165, 1.54) is 51.5 Å². The van der Waals surface area contributed by atoms with Crippen molar-refractivity contribution in [3.05, 3.63) is 188 Å². The lowest BCUT2D eigenvalue weighted by Crippen LogP contribution is -1.97. The minimum atomic E-state index is 0.690. The summed E-state index contributed by atoms with van der Waals surface area (Å²) < 4.78 is 5.18. The van der Waals surface area contributed by atoms with Crippen molar-refractivity contribution >= 4 is 63.0 Å². The van der Waals surface area contributed by atoms with Gasteiger partial charge in [-0.05, 0) is 88.5 Å². The van der Waals surface area contributed by atoms with Gasteiger partial charge in [0.15, 0.2) is 5.82 Å². The standard InChI is InChI=1S/C51H31N3S2/c1-2-10-32(11-3-1)51-53-45(36-13-8-12-33(24-36)37-14-9-23-52-31-37)30-46(54-51)40-26-38(34-19-21-43-41-15-4-6-17-47(41)55-49(43)28-34)25-39(27-40)35-20-22-44-42-16-5-7-18-48(42)56-50(44)29-35/h1-31H. The number of hydrogen-bond donors (Lipinski definition) is 0. The minimum Gasteiger partial charge on any atom is -0.264 e. The summed E-state index contributed by atoms with van der Waals surface area (Å²) in [7, 11) is 0. The Hall–Kier alpha value is -6.79. The Morgan fingerprint density at radius 2 is 0.804 bits per heavy atom. The highest BCUT2D eigenvalue weighted by atomic mass is 32.1. The molecule has 0 aliphatic heterocycles. The molecule has 5 heteroatoms. The molecule has 0 spiro atoms. The van der Waals surface area contributed by atoms with Gasteiger partial charge in [-0.2, -0.15) is 0 Å². The SMILES string of the molecule is c1ccc(-c2nc(-c3cccc(-c4cccnc4)c3)cc(-c3cc(-c4ccc5c(c4)sc4ccccc45)cc(-c4ccc5c(c4)sc4ccccc45)c3)n2)cc1. The van der Waals surface area contributed by atoms with Crippen LogP contribution in [0.5, 0.6) is 0 Å². The zero-order chi connectivity index (χ0) is 37.0. The van der Waals surface area contributed by atoms with Crippen LogP contribution in [-0.4, -0.2) is 15.0 Å². The molecule has 0 radical (unpaired) electrons. The summed E-state index contributed by atoms with van der Waals surface area (Å²) >= 11 is 3.70. The third kappa shape index (κ3) is 5.86. The fourth-order valence-electron chi connectivity index (χ4n) is 7.77. The van der Waals surface area contributed by atoms with Gasteiger partial charge in [0.25, 0.3) is 0 Å². The molecule has 0 aliphatic carbocycles. The lowest BCUT2D eigenvalue weighted by molar-refractivity contribution is 1.18. The Labute approximate surface area is 331 Å². The summed E-state index contributed by atoms with van der Waals surface area (Å²) in [5, 5.41) is 5.20. The highest BCUT2D eigenvalue weighted by Gasteiger charge is 2.16. The number of fused-ring (bicyclic) bond motifs is 6. The molecule has 7 aromatic carbocycles. The summed E-state index contributed by atoms with van der Waals surface area (Å²) in [5.74, 6) is 0.690. The van der Waals surface area contributed by atoms with Crippen LogP contribution in [0.3, 0.4) is 0 Å². The smallest absolute Gasteiger partial charge is 0.160 e. The Balaban J connectivity index is 1.12. The predicted octanol–water partition coefficient (Wildman–Crippen LogP) is 14.6. The average Bonchev–Trinajstić information content (AvgIpc) is 3.84. The fourth-order valence-corrected chi connectivity index (χ4v) is 10.1. The van der Waals surface area contributed by atoms with Crippen LogP contribution in [0.25, 0.3) is 108 Å². The van der Waals surface area contributed by atoms with Crippen LogP contribution in [0.15, 0.2) is 188 Å². The number of thiophene rings is 2. The number of aromatic nitrogens is 3. The largest absolute Gasteiger partial charge is 0.264 e. The molecule has 4 aromatic heterocycles. The molecule has 0 atom stereocenters. The molecule has 262 valence electrons. The molecule has 0 bridgehead atoms. The van der Waals surface area contributed by atoms with E-state index in [0.717, 1.165) is 50.3 Å². The van der Waals surface area contributed by atoms with Gasteiger partial charge in [0.05, 0.1) is 11.4 Å². The molecule has 0 N–H and O–H groups in total. The highest BCUT2D eigenvalue weighted by molar-refractivity contribution is 7.26. The molecule has 0 saturated carbocycles. The lowest BCUT2D eigenvalue weighted by atomic mass is 9.93. The normalized spacial score (nSPS) is 11.6. The molecule has 11 rings (SSSR count). The second-order valence-corrected chi connectivity index (χ2v) is 16.2. The average molecular weight is 750 g/mol. The van der Waals surface area contributed by atoms with Gasteiger partial charge in [-0.15, -0.1) is 22.7 Å². The molecule has 0 aliphatic rings. The second-order valence-electron chi connectivity index (χ2n) is 14.1. The molecule has 0 amide bonds. The Kier molecular flexibility index (Phi) is 7.87. The third-order valence-electron chi connectivity index (χ3n) is 10.6. The molecule has 0 unspecified atom stereocenters. The van der Waals surface area contributed by atoms with Gasteiger partial charge in [-0.25, -0.2) is 9.97 Å². The minimum absolute atomic E-state index is 0.690. The Morgan fingerprint density at radius 1 is 0.304 bits per heavy atom. The van der Waals surface area contributed by atoms with Crippen molar-refractivity contribution in [1.82, 2.24) is 15.0 Å². The predicted molar refractivity (Wildman–Crippen MR) is 238 cm³/mol. The van der Waals surface area contributed by atoms with Crippen molar-refractivity contribution in [3.8, 4) is 67.3 Å². The third-order valence-corrected chi connectivity index (χ3v) is 12.8. The van der Waals surface area contributed by atoms with Crippen molar-refractivity contribution in [1.29, 1.82) is 0 Å². The summed E-state index contributed by atoms with van der Waals surface area (Å²) in [5.41, 5.74) is 11.6. The van der Waals surface area contributed by atoms with E-state index in [4.69, 9.17) is 9.97 Å². The van der Waals surface area contributed by atoms with E-state index in [0.29, 0.717) is 5.82 Å². The number of hydrogen-bond acceptors (Lipinski definition) is 5. The zero-order valence-electron chi connectivity index (χ0n) is 30.1. The topological polar surface area (TPSA) is 38.7 Å². The van der Waals surface area contributed by atoms with Crippen molar-refractivity contribution in [2.75, 3.05) is 0 Å². The van der Waals surface area contributed by atoms with Crippen molar-refractivity contribution < 1.29 is 0 Å². The molecule has 56 heavy (non-hydrogen) atoms. The van der Waals surface area contributed by atoms with E-state index in [9.17, 15) is 0 Å². The van der Waals surface area contributed by atoms with Gasteiger partial charge in [0.1, 0.15) is 0 Å². The van der Waals surface area contributed by atoms with Gasteiger partial charge >= 0.3 is 0 Å². The van der Waals surface area contributed by atoms with E-state index in [-0.39, 0.29) is 0 Å². The number of nitrogens with zero attached hydrogens (tertiary/aromatic N) is 3. The first-order chi connectivity index (χ1) is 27.7. The molecule has 0 saturated heterocycles. The maximum atomic E-state index is 5.29. The number of rotatable bonds is 6. The number of pyridine rings is 1. The fraction of sp³-hybridized carbons (Fsp3) is 0. The maximum Gasteiger partial charge on any atom is 0.160 e. The van der Waals surface area contributed by atoms with Gasteiger partial charge in [0.2, 0.25) is 0 Å². The van der Waals surface area contributed by atoms with E-state index in [1.807, 2.05) is 53.1 Å². The van der Waals surface area contributed by atoms with Gasteiger partial charge in [-0.3, -0.25) is 4.98 Å². The van der Waals surface area contributed by atoms with Crippen molar-refractivity contribution in [2.45, 2.75) is 0 Å². The summed E-state index contributed by atoms with van der Waals surface area (Å²) in [6.45, 7) is 0. The van der Waals surface area contributed by atoms with E-state index in [1.54, 1.807) is 6.20 Å². The molecule has 3 nitrogen and oxygen atoms in total. The second kappa shape index (κ2) is 13.5. The van der Waals surface area contributed by atoms with Crippen LogP contribution in [0, 0.1) is 0 Å². The molecule has 4 heterocycles. The monoisotopic (exact) mass is 749 g/mol. The molecule has 0 fully saturated rings. The van der Waals surface area contributed by atoms with Crippen LogP contribution in [0.4, 0.5) is 0 Å². The van der Waals surface area contributed by atoms with E-state index >= 15 is 0 Å². The van der Waals surface area contributed by atoms with E-state index in [2.05, 4.69) is 157 Å². The van der Waals surface area contributed by atoms with Crippen molar-refractivity contribution in [2.24, 2.45) is 0 Å². The first-order valence-corrected chi connectivity index (χ1v) is 20.3. The first kappa shape index (κ1) is 32.6. The maximum absolute atomic E-state index is 5.29. The zero-order valence-corrected chi connectivity index (χ0v) is 31.7. The van der Waals surface area contributed by atoms with E-state index < -0.39 is 0 Å². The summed E-state index contributed by atoms with van der Waals surface area (Å²) in [4.78, 5) is 14.8.